The second kappa shape index (κ2) is 3.79. The molecule has 0 fully saturated rings. The van der Waals surface area contributed by atoms with Crippen LogP contribution in [-0.2, 0) is 0 Å². The molecule has 0 saturated heterocycles. The molecule has 2 heteroatoms. The Hall–Kier alpha value is -1.02. The Morgan fingerprint density at radius 2 is 2.46 bits per heavy atom. The van der Waals surface area contributed by atoms with Crippen molar-refractivity contribution in [2.45, 2.75) is 25.3 Å². The molecule has 0 amide bonds. The van der Waals surface area contributed by atoms with Gasteiger partial charge in [-0.3, -0.25) is 0 Å². The fourth-order valence-corrected chi connectivity index (χ4v) is 1.71. The minimum atomic E-state index is 0.366. The van der Waals surface area contributed by atoms with E-state index in [1.54, 1.807) is 0 Å². The van der Waals surface area contributed by atoms with Crippen LogP contribution in [0.4, 0.5) is 0 Å². The van der Waals surface area contributed by atoms with Gasteiger partial charge in [-0.15, -0.1) is 0 Å². The highest BCUT2D eigenvalue weighted by Crippen LogP contribution is 2.24. The number of nitrogens with one attached hydrogen (secondary N) is 1. The summed E-state index contributed by atoms with van der Waals surface area (Å²) >= 11 is 0. The average molecular weight is 175 g/mol. The first-order valence-electron chi connectivity index (χ1n) is 4.83. The highest BCUT2D eigenvalue weighted by atomic mass is 14.8. The standard InChI is InChI=1S/C11H15N2/c12-11-5-3-9(4-6-11)10-2-1-7-13-8-10/h1-3,11,13H,4-7,12H2. The van der Waals surface area contributed by atoms with Crippen molar-refractivity contribution < 1.29 is 0 Å². The molecule has 1 aliphatic heterocycles. The molecule has 3 N–H and O–H groups in total. The highest BCUT2D eigenvalue weighted by Gasteiger charge is 2.12. The minimum absolute atomic E-state index is 0.366. The lowest BCUT2D eigenvalue weighted by atomic mass is 9.91. The summed E-state index contributed by atoms with van der Waals surface area (Å²) in [5.41, 5.74) is 8.42. The molecule has 2 nitrogen and oxygen atoms in total. The molecule has 0 aromatic heterocycles. The summed E-state index contributed by atoms with van der Waals surface area (Å²) in [5, 5.41) is 3.10. The Balaban J connectivity index is 2.08. The summed E-state index contributed by atoms with van der Waals surface area (Å²) < 4.78 is 0. The maximum absolute atomic E-state index is 5.82. The Labute approximate surface area is 79.2 Å². The van der Waals surface area contributed by atoms with E-state index in [-0.39, 0.29) is 0 Å². The number of dihydropyridines is 1. The van der Waals surface area contributed by atoms with Crippen LogP contribution in [0.5, 0.6) is 0 Å². The zero-order valence-electron chi connectivity index (χ0n) is 7.72. The second-order valence-corrected chi connectivity index (χ2v) is 3.59. The summed E-state index contributed by atoms with van der Waals surface area (Å²) in [5.74, 6) is 0. The third-order valence-electron chi connectivity index (χ3n) is 2.52. The number of hydrogen-bond acceptors (Lipinski definition) is 2. The van der Waals surface area contributed by atoms with E-state index >= 15 is 0 Å². The highest BCUT2D eigenvalue weighted by molar-refractivity contribution is 5.40. The largest absolute Gasteiger partial charge is 0.379 e. The van der Waals surface area contributed by atoms with E-state index in [9.17, 15) is 0 Å². The molecule has 2 rings (SSSR count). The van der Waals surface area contributed by atoms with Gasteiger partial charge in [0.2, 0.25) is 0 Å². The zero-order valence-corrected chi connectivity index (χ0v) is 7.72. The summed E-state index contributed by atoms with van der Waals surface area (Å²) in [4.78, 5) is 0. The van der Waals surface area contributed by atoms with E-state index in [1.807, 2.05) is 0 Å². The van der Waals surface area contributed by atoms with Crippen LogP contribution in [0.1, 0.15) is 19.3 Å². The van der Waals surface area contributed by atoms with Gasteiger partial charge in [0.05, 0.1) is 6.20 Å². The van der Waals surface area contributed by atoms with Crippen molar-refractivity contribution in [3.63, 3.8) is 0 Å². The van der Waals surface area contributed by atoms with Crippen LogP contribution in [-0.4, -0.2) is 12.6 Å². The zero-order chi connectivity index (χ0) is 9.10. The first-order chi connectivity index (χ1) is 6.36. The second-order valence-electron chi connectivity index (χ2n) is 3.59. The van der Waals surface area contributed by atoms with Gasteiger partial charge in [-0.2, -0.15) is 0 Å². The number of nitrogens with two attached hydrogens (primary N) is 1. The predicted octanol–water partition coefficient (Wildman–Crippen LogP) is 1.27. The van der Waals surface area contributed by atoms with E-state index in [1.165, 1.54) is 11.1 Å². The van der Waals surface area contributed by atoms with Crippen LogP contribution in [0, 0.1) is 6.20 Å². The van der Waals surface area contributed by atoms with Crippen LogP contribution in [0.25, 0.3) is 0 Å². The molecule has 1 heterocycles. The van der Waals surface area contributed by atoms with Gasteiger partial charge in [0.1, 0.15) is 0 Å². The third kappa shape index (κ3) is 2.01. The van der Waals surface area contributed by atoms with Gasteiger partial charge < -0.3 is 11.1 Å². The molecule has 0 aromatic carbocycles. The first kappa shape index (κ1) is 8.57. The van der Waals surface area contributed by atoms with E-state index in [0.29, 0.717) is 6.04 Å². The fourth-order valence-electron chi connectivity index (χ4n) is 1.71. The van der Waals surface area contributed by atoms with Crippen LogP contribution in [0.15, 0.2) is 29.4 Å². The van der Waals surface area contributed by atoms with E-state index in [4.69, 9.17) is 5.73 Å². The molecular weight excluding hydrogens is 160 g/mol. The number of allylic oxidation sites excluding steroid dienone is 3. The quantitative estimate of drug-likeness (QED) is 0.630. The van der Waals surface area contributed by atoms with Crippen molar-refractivity contribution >= 4 is 0 Å². The van der Waals surface area contributed by atoms with Gasteiger partial charge in [0.15, 0.2) is 0 Å². The molecule has 69 valence electrons. The van der Waals surface area contributed by atoms with Crippen LogP contribution in [0.3, 0.4) is 0 Å². The minimum Gasteiger partial charge on any atom is -0.379 e. The van der Waals surface area contributed by atoms with Crippen molar-refractivity contribution in [1.82, 2.24) is 5.32 Å². The monoisotopic (exact) mass is 175 g/mol. The van der Waals surface area contributed by atoms with Crippen LogP contribution >= 0.6 is 0 Å². The maximum Gasteiger partial charge on any atom is 0.0661 e. The van der Waals surface area contributed by atoms with E-state index < -0.39 is 0 Å². The summed E-state index contributed by atoms with van der Waals surface area (Å²) in [7, 11) is 0. The van der Waals surface area contributed by atoms with Gasteiger partial charge in [-0.25, -0.2) is 0 Å². The molecule has 1 unspecified atom stereocenters. The van der Waals surface area contributed by atoms with Gasteiger partial charge in [-0.1, -0.05) is 18.2 Å². The third-order valence-corrected chi connectivity index (χ3v) is 2.52. The fraction of sp³-hybridized carbons (Fsp3) is 0.455. The van der Waals surface area contributed by atoms with Gasteiger partial charge in [0.25, 0.3) is 0 Å². The molecule has 1 aliphatic carbocycles. The Morgan fingerprint density at radius 1 is 1.54 bits per heavy atom. The first-order valence-corrected chi connectivity index (χ1v) is 4.83. The van der Waals surface area contributed by atoms with Gasteiger partial charge >= 0.3 is 0 Å². The summed E-state index contributed by atoms with van der Waals surface area (Å²) in [6.45, 7) is 0.899. The maximum atomic E-state index is 5.82. The van der Waals surface area contributed by atoms with E-state index in [0.717, 1.165) is 25.8 Å². The SMILES string of the molecule is NC1CC=C(C2=[C]NCC=C2)CC1. The molecule has 0 saturated carbocycles. The Morgan fingerprint density at radius 3 is 3.08 bits per heavy atom. The van der Waals surface area contributed by atoms with Crippen molar-refractivity contribution in [3.8, 4) is 0 Å². The molecular formula is C11H15N2. The molecule has 0 aromatic rings. The average Bonchev–Trinajstić information content (AvgIpc) is 2.20. The topological polar surface area (TPSA) is 38.0 Å². The molecule has 2 aliphatic rings. The lowest BCUT2D eigenvalue weighted by Gasteiger charge is -2.19. The van der Waals surface area contributed by atoms with Crippen molar-refractivity contribution in [2.24, 2.45) is 5.73 Å². The number of hydrogen-bond donors (Lipinski definition) is 2. The lowest BCUT2D eigenvalue weighted by Crippen LogP contribution is -2.22. The van der Waals surface area contributed by atoms with Gasteiger partial charge in [0, 0.05) is 18.2 Å². The molecule has 1 radical (unpaired) electrons. The van der Waals surface area contributed by atoms with Crippen molar-refractivity contribution in [3.05, 3.63) is 35.6 Å². The summed E-state index contributed by atoms with van der Waals surface area (Å²) in [6, 6.07) is 0.366. The Kier molecular flexibility index (Phi) is 2.50. The van der Waals surface area contributed by atoms with Crippen molar-refractivity contribution in [2.75, 3.05) is 6.54 Å². The van der Waals surface area contributed by atoms with Crippen LogP contribution < -0.4 is 11.1 Å². The molecule has 13 heavy (non-hydrogen) atoms. The molecule has 0 bridgehead atoms. The van der Waals surface area contributed by atoms with E-state index in [2.05, 4.69) is 29.7 Å². The predicted molar refractivity (Wildman–Crippen MR) is 53.8 cm³/mol. The number of rotatable bonds is 1. The molecule has 1 atom stereocenters. The Bertz CT molecular complexity index is 274. The lowest BCUT2D eigenvalue weighted by molar-refractivity contribution is 0.593. The normalized spacial score (nSPS) is 27.6. The van der Waals surface area contributed by atoms with Gasteiger partial charge in [-0.05, 0) is 24.8 Å². The van der Waals surface area contributed by atoms with Crippen LogP contribution in [0.2, 0.25) is 0 Å². The van der Waals surface area contributed by atoms with Crippen molar-refractivity contribution in [1.29, 1.82) is 0 Å². The molecule has 0 spiro atoms. The smallest absolute Gasteiger partial charge is 0.0661 e. The summed E-state index contributed by atoms with van der Waals surface area (Å²) in [6.07, 6.45) is 12.9.